The lowest BCUT2D eigenvalue weighted by molar-refractivity contribution is 0.355. The summed E-state index contributed by atoms with van der Waals surface area (Å²) in [6.45, 7) is 9.46. The number of hydrogen-bond acceptors (Lipinski definition) is 0. The number of hydrogen-bond donors (Lipinski definition) is 0. The highest BCUT2D eigenvalue weighted by molar-refractivity contribution is 4.62. The lowest BCUT2D eigenvalue weighted by Crippen LogP contribution is -2.03. The van der Waals surface area contributed by atoms with Crippen molar-refractivity contribution in [3.63, 3.8) is 0 Å². The van der Waals surface area contributed by atoms with Gasteiger partial charge in [0.2, 0.25) is 0 Å². The van der Waals surface area contributed by atoms with E-state index in [0.29, 0.717) is 0 Å². The van der Waals surface area contributed by atoms with E-state index in [1.807, 2.05) is 0 Å². The van der Waals surface area contributed by atoms with E-state index >= 15 is 0 Å². The van der Waals surface area contributed by atoms with Gasteiger partial charge in [-0.2, -0.15) is 0 Å². The van der Waals surface area contributed by atoms with E-state index in [4.69, 9.17) is 0 Å². The van der Waals surface area contributed by atoms with Crippen LogP contribution >= 0.6 is 0 Å². The second-order valence-electron chi connectivity index (χ2n) is 7.01. The Morgan fingerprint density at radius 3 is 1.75 bits per heavy atom. The summed E-state index contributed by atoms with van der Waals surface area (Å²) in [5, 5.41) is 0. The molecule has 0 nitrogen and oxygen atoms in total. The predicted octanol–water partition coefficient (Wildman–Crippen LogP) is 7.76. The first-order chi connectivity index (χ1) is 9.74. The van der Waals surface area contributed by atoms with Gasteiger partial charge in [-0.15, -0.1) is 0 Å². The fourth-order valence-corrected chi connectivity index (χ4v) is 3.16. The Kier molecular flexibility index (Phi) is 15.4. The zero-order chi connectivity index (χ0) is 15.1. The molecule has 122 valence electrons. The average molecular weight is 283 g/mol. The maximum absolute atomic E-state index is 2.48. The van der Waals surface area contributed by atoms with E-state index in [0.717, 1.165) is 11.8 Å². The molecule has 0 aromatic heterocycles. The molecule has 2 atom stereocenters. The Morgan fingerprint density at radius 1 is 0.550 bits per heavy atom. The highest BCUT2D eigenvalue weighted by atomic mass is 14.1. The molecule has 0 heterocycles. The largest absolute Gasteiger partial charge is 0.0654 e. The molecule has 0 saturated heterocycles. The third-order valence-corrected chi connectivity index (χ3v) is 4.91. The summed E-state index contributed by atoms with van der Waals surface area (Å²) in [6.07, 6.45) is 20.2. The second kappa shape index (κ2) is 15.4. The first-order valence-electron chi connectivity index (χ1n) is 9.74. The second-order valence-corrected chi connectivity index (χ2v) is 7.01. The predicted molar refractivity (Wildman–Crippen MR) is 94.3 cm³/mol. The fraction of sp³-hybridized carbons (Fsp3) is 1.00. The Bertz CT molecular complexity index is 173. The molecule has 0 saturated carbocycles. The monoisotopic (exact) mass is 282 g/mol. The van der Waals surface area contributed by atoms with Crippen molar-refractivity contribution in [3.8, 4) is 0 Å². The molecule has 0 N–H and O–H groups in total. The van der Waals surface area contributed by atoms with Gasteiger partial charge >= 0.3 is 0 Å². The fourth-order valence-electron chi connectivity index (χ4n) is 3.16. The molecule has 20 heavy (non-hydrogen) atoms. The van der Waals surface area contributed by atoms with E-state index in [9.17, 15) is 0 Å². The van der Waals surface area contributed by atoms with Gasteiger partial charge in [0.25, 0.3) is 0 Å². The molecule has 0 radical (unpaired) electrons. The van der Waals surface area contributed by atoms with Gasteiger partial charge in [-0.25, -0.2) is 0 Å². The molecule has 0 fully saturated rings. The van der Waals surface area contributed by atoms with Crippen LogP contribution < -0.4 is 0 Å². The molecular formula is C20H42. The highest BCUT2D eigenvalue weighted by Gasteiger charge is 2.09. The molecule has 0 aromatic rings. The Balaban J connectivity index is 3.40. The molecular weight excluding hydrogens is 240 g/mol. The van der Waals surface area contributed by atoms with Crippen molar-refractivity contribution in [1.29, 1.82) is 0 Å². The lowest BCUT2D eigenvalue weighted by atomic mass is 9.89. The topological polar surface area (TPSA) is 0 Å². The SMILES string of the molecule is CCCCCCCCCC(C)CCC(CC)CCCC. The molecule has 0 heteroatoms. The van der Waals surface area contributed by atoms with Gasteiger partial charge in [0.15, 0.2) is 0 Å². The van der Waals surface area contributed by atoms with E-state index in [1.54, 1.807) is 0 Å². The normalized spacial score (nSPS) is 14.4. The lowest BCUT2D eigenvalue weighted by Gasteiger charge is -2.17. The summed E-state index contributed by atoms with van der Waals surface area (Å²) >= 11 is 0. The Labute approximate surface area is 130 Å². The van der Waals surface area contributed by atoms with Crippen molar-refractivity contribution in [2.45, 2.75) is 118 Å². The van der Waals surface area contributed by atoms with Gasteiger partial charge < -0.3 is 0 Å². The molecule has 0 spiro atoms. The smallest absolute Gasteiger partial charge is 0.0417 e. The van der Waals surface area contributed by atoms with Crippen LogP contribution in [0.15, 0.2) is 0 Å². The number of rotatable bonds is 15. The van der Waals surface area contributed by atoms with Gasteiger partial charge in [0.1, 0.15) is 0 Å². The minimum atomic E-state index is 0.960. The van der Waals surface area contributed by atoms with Crippen LogP contribution in [0, 0.1) is 11.8 Å². The maximum atomic E-state index is 2.48. The standard InChI is InChI=1S/C20H42/c1-5-8-10-11-12-13-14-15-19(4)17-18-20(7-3)16-9-6-2/h19-20H,5-18H2,1-4H3. The van der Waals surface area contributed by atoms with Gasteiger partial charge in [-0.3, -0.25) is 0 Å². The van der Waals surface area contributed by atoms with Gasteiger partial charge in [0, 0.05) is 0 Å². The van der Waals surface area contributed by atoms with Crippen LogP contribution in [-0.2, 0) is 0 Å². The molecule has 0 aliphatic heterocycles. The molecule has 0 aliphatic rings. The zero-order valence-corrected chi connectivity index (χ0v) is 15.1. The van der Waals surface area contributed by atoms with E-state index < -0.39 is 0 Å². The highest BCUT2D eigenvalue weighted by Crippen LogP contribution is 2.23. The van der Waals surface area contributed by atoms with E-state index in [-0.39, 0.29) is 0 Å². The summed E-state index contributed by atoms with van der Waals surface area (Å²) in [6, 6.07) is 0. The van der Waals surface area contributed by atoms with Crippen LogP contribution in [0.5, 0.6) is 0 Å². The molecule has 0 aliphatic carbocycles. The summed E-state index contributed by atoms with van der Waals surface area (Å²) in [7, 11) is 0. The molecule has 0 aromatic carbocycles. The van der Waals surface area contributed by atoms with Crippen LogP contribution in [0.3, 0.4) is 0 Å². The van der Waals surface area contributed by atoms with Crippen molar-refractivity contribution >= 4 is 0 Å². The third-order valence-electron chi connectivity index (χ3n) is 4.91. The van der Waals surface area contributed by atoms with Gasteiger partial charge in [0.05, 0.1) is 0 Å². The van der Waals surface area contributed by atoms with Crippen LogP contribution in [0.1, 0.15) is 118 Å². The van der Waals surface area contributed by atoms with Crippen LogP contribution in [-0.4, -0.2) is 0 Å². The summed E-state index contributed by atoms with van der Waals surface area (Å²) in [4.78, 5) is 0. The first-order valence-corrected chi connectivity index (χ1v) is 9.74. The first kappa shape index (κ1) is 20.0. The average Bonchev–Trinajstić information content (AvgIpc) is 2.46. The van der Waals surface area contributed by atoms with E-state index in [2.05, 4.69) is 27.7 Å². The summed E-state index contributed by atoms with van der Waals surface area (Å²) in [5.41, 5.74) is 0. The Hall–Kier alpha value is 0. The minimum Gasteiger partial charge on any atom is -0.0654 e. The minimum absolute atomic E-state index is 0.960. The van der Waals surface area contributed by atoms with Crippen molar-refractivity contribution in [2.75, 3.05) is 0 Å². The van der Waals surface area contributed by atoms with Crippen molar-refractivity contribution < 1.29 is 0 Å². The van der Waals surface area contributed by atoms with E-state index in [1.165, 1.54) is 89.9 Å². The zero-order valence-electron chi connectivity index (χ0n) is 15.1. The number of unbranched alkanes of at least 4 members (excludes halogenated alkanes) is 7. The maximum Gasteiger partial charge on any atom is -0.0417 e. The Morgan fingerprint density at radius 2 is 1.15 bits per heavy atom. The van der Waals surface area contributed by atoms with Crippen molar-refractivity contribution in [1.82, 2.24) is 0 Å². The summed E-state index contributed by atoms with van der Waals surface area (Å²) in [5.74, 6) is 1.97. The molecule has 2 unspecified atom stereocenters. The van der Waals surface area contributed by atoms with Crippen LogP contribution in [0.2, 0.25) is 0 Å². The van der Waals surface area contributed by atoms with Crippen molar-refractivity contribution in [2.24, 2.45) is 11.8 Å². The molecule has 0 bridgehead atoms. The summed E-state index contributed by atoms with van der Waals surface area (Å²) < 4.78 is 0. The van der Waals surface area contributed by atoms with Crippen LogP contribution in [0.4, 0.5) is 0 Å². The molecule has 0 rings (SSSR count). The third kappa shape index (κ3) is 13.0. The van der Waals surface area contributed by atoms with Crippen LogP contribution in [0.25, 0.3) is 0 Å². The van der Waals surface area contributed by atoms with Gasteiger partial charge in [-0.1, -0.05) is 118 Å². The van der Waals surface area contributed by atoms with Gasteiger partial charge in [-0.05, 0) is 11.8 Å². The van der Waals surface area contributed by atoms with Crippen molar-refractivity contribution in [3.05, 3.63) is 0 Å². The quantitative estimate of drug-likeness (QED) is 0.269. The molecule has 0 amide bonds.